The van der Waals surface area contributed by atoms with Crippen LogP contribution >= 0.6 is 0 Å². The standard InChI is InChI=1S/C8H14N2O/c1-4-7(5-2)8-9-6(3)10-11-8/h7H,4-5H2,1-3H3. The van der Waals surface area contributed by atoms with Gasteiger partial charge in [0.1, 0.15) is 0 Å². The number of aromatic nitrogens is 2. The minimum atomic E-state index is 0.441. The second kappa shape index (κ2) is 3.51. The summed E-state index contributed by atoms with van der Waals surface area (Å²) >= 11 is 0. The first kappa shape index (κ1) is 8.24. The van der Waals surface area contributed by atoms with Crippen LogP contribution in [-0.2, 0) is 0 Å². The molecule has 0 saturated heterocycles. The van der Waals surface area contributed by atoms with E-state index in [1.165, 1.54) is 0 Å². The summed E-state index contributed by atoms with van der Waals surface area (Å²) in [4.78, 5) is 4.17. The van der Waals surface area contributed by atoms with Crippen LogP contribution in [0, 0.1) is 6.92 Å². The Labute approximate surface area is 66.8 Å². The van der Waals surface area contributed by atoms with E-state index in [0.717, 1.165) is 24.6 Å². The predicted molar refractivity (Wildman–Crippen MR) is 42.4 cm³/mol. The van der Waals surface area contributed by atoms with Gasteiger partial charge in [-0.15, -0.1) is 0 Å². The number of nitrogens with zero attached hydrogens (tertiary/aromatic N) is 2. The lowest BCUT2D eigenvalue weighted by Gasteiger charge is -2.03. The van der Waals surface area contributed by atoms with E-state index in [0.29, 0.717) is 5.92 Å². The molecule has 0 saturated carbocycles. The molecule has 1 rings (SSSR count). The van der Waals surface area contributed by atoms with Gasteiger partial charge in [0.2, 0.25) is 5.89 Å². The van der Waals surface area contributed by atoms with Crippen molar-refractivity contribution in [2.45, 2.75) is 39.5 Å². The summed E-state index contributed by atoms with van der Waals surface area (Å²) in [5.74, 6) is 1.95. The molecule has 0 unspecified atom stereocenters. The van der Waals surface area contributed by atoms with Gasteiger partial charge in [-0.2, -0.15) is 4.98 Å². The fourth-order valence-electron chi connectivity index (χ4n) is 1.12. The van der Waals surface area contributed by atoms with Gasteiger partial charge in [-0.3, -0.25) is 0 Å². The smallest absolute Gasteiger partial charge is 0.229 e. The van der Waals surface area contributed by atoms with Crippen LogP contribution in [0.4, 0.5) is 0 Å². The summed E-state index contributed by atoms with van der Waals surface area (Å²) in [6.07, 6.45) is 2.14. The number of aryl methyl sites for hydroxylation is 1. The van der Waals surface area contributed by atoms with E-state index in [1.807, 2.05) is 6.92 Å². The fraction of sp³-hybridized carbons (Fsp3) is 0.750. The topological polar surface area (TPSA) is 38.9 Å². The van der Waals surface area contributed by atoms with Crippen molar-refractivity contribution in [3.63, 3.8) is 0 Å². The molecule has 0 aromatic carbocycles. The van der Waals surface area contributed by atoms with Crippen molar-refractivity contribution >= 4 is 0 Å². The highest BCUT2D eigenvalue weighted by Crippen LogP contribution is 2.20. The van der Waals surface area contributed by atoms with Crippen molar-refractivity contribution in [1.29, 1.82) is 0 Å². The minimum absolute atomic E-state index is 0.441. The van der Waals surface area contributed by atoms with Gasteiger partial charge in [0, 0.05) is 5.92 Å². The van der Waals surface area contributed by atoms with Crippen LogP contribution in [0.15, 0.2) is 4.52 Å². The molecule has 1 aromatic rings. The molecule has 0 aliphatic rings. The highest BCUT2D eigenvalue weighted by Gasteiger charge is 2.13. The Balaban J connectivity index is 2.73. The first-order chi connectivity index (χ1) is 5.27. The molecule has 0 aliphatic heterocycles. The summed E-state index contributed by atoms with van der Waals surface area (Å²) in [7, 11) is 0. The fourth-order valence-corrected chi connectivity index (χ4v) is 1.12. The molecular weight excluding hydrogens is 140 g/mol. The summed E-state index contributed by atoms with van der Waals surface area (Å²) in [6.45, 7) is 6.11. The molecule has 0 atom stereocenters. The van der Waals surface area contributed by atoms with Gasteiger partial charge in [0.05, 0.1) is 0 Å². The second-order valence-electron chi connectivity index (χ2n) is 2.69. The highest BCUT2D eigenvalue weighted by molar-refractivity contribution is 4.91. The third kappa shape index (κ3) is 1.79. The molecule has 3 nitrogen and oxygen atoms in total. The average Bonchev–Trinajstić information content (AvgIpc) is 2.39. The molecule has 11 heavy (non-hydrogen) atoms. The normalized spacial score (nSPS) is 10.9. The molecule has 1 heterocycles. The summed E-state index contributed by atoms with van der Waals surface area (Å²) < 4.78 is 5.05. The maximum absolute atomic E-state index is 5.05. The third-order valence-corrected chi connectivity index (χ3v) is 1.88. The predicted octanol–water partition coefficient (Wildman–Crippen LogP) is 2.28. The Hall–Kier alpha value is -0.860. The zero-order valence-corrected chi connectivity index (χ0v) is 7.29. The van der Waals surface area contributed by atoms with Crippen molar-refractivity contribution < 1.29 is 4.52 Å². The van der Waals surface area contributed by atoms with Crippen LogP contribution < -0.4 is 0 Å². The number of hydrogen-bond donors (Lipinski definition) is 0. The zero-order valence-electron chi connectivity index (χ0n) is 7.29. The van der Waals surface area contributed by atoms with Gasteiger partial charge >= 0.3 is 0 Å². The lowest BCUT2D eigenvalue weighted by Crippen LogP contribution is -1.95. The molecule has 0 radical (unpaired) electrons. The van der Waals surface area contributed by atoms with Gasteiger partial charge in [0.15, 0.2) is 5.82 Å². The van der Waals surface area contributed by atoms with Crippen molar-refractivity contribution in [2.75, 3.05) is 0 Å². The monoisotopic (exact) mass is 154 g/mol. The minimum Gasteiger partial charge on any atom is -0.339 e. The molecule has 62 valence electrons. The zero-order chi connectivity index (χ0) is 8.27. The van der Waals surface area contributed by atoms with Crippen LogP contribution in [0.25, 0.3) is 0 Å². The van der Waals surface area contributed by atoms with E-state index in [2.05, 4.69) is 24.0 Å². The lowest BCUT2D eigenvalue weighted by atomic mass is 10.0. The van der Waals surface area contributed by atoms with Crippen LogP contribution in [0.2, 0.25) is 0 Å². The van der Waals surface area contributed by atoms with E-state index >= 15 is 0 Å². The first-order valence-electron chi connectivity index (χ1n) is 4.08. The maximum Gasteiger partial charge on any atom is 0.229 e. The molecule has 0 spiro atoms. The summed E-state index contributed by atoms with van der Waals surface area (Å²) in [6, 6.07) is 0. The third-order valence-electron chi connectivity index (χ3n) is 1.88. The van der Waals surface area contributed by atoms with E-state index in [1.54, 1.807) is 0 Å². The largest absolute Gasteiger partial charge is 0.339 e. The molecule has 0 fully saturated rings. The van der Waals surface area contributed by atoms with Gasteiger partial charge in [0.25, 0.3) is 0 Å². The molecular formula is C8H14N2O. The molecule has 0 N–H and O–H groups in total. The Morgan fingerprint density at radius 1 is 1.36 bits per heavy atom. The SMILES string of the molecule is CCC(CC)c1nc(C)no1. The Morgan fingerprint density at radius 2 is 2.00 bits per heavy atom. The quantitative estimate of drug-likeness (QED) is 0.670. The Kier molecular flexibility index (Phi) is 2.63. The van der Waals surface area contributed by atoms with E-state index < -0.39 is 0 Å². The van der Waals surface area contributed by atoms with E-state index in [-0.39, 0.29) is 0 Å². The van der Waals surface area contributed by atoms with Gasteiger partial charge in [-0.25, -0.2) is 0 Å². The maximum atomic E-state index is 5.05. The molecule has 3 heteroatoms. The summed E-state index contributed by atoms with van der Waals surface area (Å²) in [5.41, 5.74) is 0. The summed E-state index contributed by atoms with van der Waals surface area (Å²) in [5, 5.41) is 3.75. The highest BCUT2D eigenvalue weighted by atomic mass is 16.5. The average molecular weight is 154 g/mol. The van der Waals surface area contributed by atoms with Gasteiger partial charge in [-0.1, -0.05) is 19.0 Å². The van der Waals surface area contributed by atoms with E-state index in [4.69, 9.17) is 4.52 Å². The van der Waals surface area contributed by atoms with Crippen molar-refractivity contribution in [2.24, 2.45) is 0 Å². The first-order valence-corrected chi connectivity index (χ1v) is 4.08. The lowest BCUT2D eigenvalue weighted by molar-refractivity contribution is 0.343. The van der Waals surface area contributed by atoms with Crippen molar-refractivity contribution in [3.05, 3.63) is 11.7 Å². The molecule has 1 aromatic heterocycles. The Morgan fingerprint density at radius 3 is 2.36 bits per heavy atom. The van der Waals surface area contributed by atoms with Crippen molar-refractivity contribution in [3.8, 4) is 0 Å². The molecule has 0 bridgehead atoms. The Bertz CT molecular complexity index is 216. The second-order valence-corrected chi connectivity index (χ2v) is 2.69. The molecule has 0 amide bonds. The van der Waals surface area contributed by atoms with Crippen molar-refractivity contribution in [1.82, 2.24) is 10.1 Å². The molecule has 0 aliphatic carbocycles. The number of rotatable bonds is 3. The van der Waals surface area contributed by atoms with Gasteiger partial charge in [-0.05, 0) is 19.8 Å². The number of hydrogen-bond acceptors (Lipinski definition) is 3. The van der Waals surface area contributed by atoms with Gasteiger partial charge < -0.3 is 4.52 Å². The van der Waals surface area contributed by atoms with Crippen LogP contribution in [-0.4, -0.2) is 10.1 Å². The van der Waals surface area contributed by atoms with Crippen LogP contribution in [0.5, 0.6) is 0 Å². The van der Waals surface area contributed by atoms with E-state index in [9.17, 15) is 0 Å². The van der Waals surface area contributed by atoms with Crippen LogP contribution in [0.3, 0.4) is 0 Å². The van der Waals surface area contributed by atoms with Crippen LogP contribution in [0.1, 0.15) is 44.3 Å².